The van der Waals surface area contributed by atoms with Crippen molar-refractivity contribution in [2.75, 3.05) is 31.4 Å². The summed E-state index contributed by atoms with van der Waals surface area (Å²) in [5.74, 6) is 1.84. The number of nitrogens with one attached hydrogen (secondary N) is 1. The summed E-state index contributed by atoms with van der Waals surface area (Å²) in [5, 5.41) is 8.29. The van der Waals surface area contributed by atoms with E-state index in [0.29, 0.717) is 23.3 Å². The molecule has 3 aromatic rings. The number of hydrogen-bond acceptors (Lipinski definition) is 6. The lowest BCUT2D eigenvalue weighted by Crippen LogP contribution is -2.22. The first kappa shape index (κ1) is 23.9. The summed E-state index contributed by atoms with van der Waals surface area (Å²) in [6.45, 7) is 0. The van der Waals surface area contributed by atoms with Crippen LogP contribution < -0.4 is 15.0 Å². The quantitative estimate of drug-likeness (QED) is 0.241. The predicted octanol–water partition coefficient (Wildman–Crippen LogP) is 3.65. The highest BCUT2D eigenvalue weighted by molar-refractivity contribution is 6.10. The molecule has 0 aliphatic rings. The Morgan fingerprint density at radius 3 is 2.53 bits per heavy atom. The van der Waals surface area contributed by atoms with E-state index < -0.39 is 11.7 Å². The molecule has 0 bridgehead atoms. The third-order valence-corrected chi connectivity index (χ3v) is 4.65. The molecule has 34 heavy (non-hydrogen) atoms. The number of anilines is 3. The third kappa shape index (κ3) is 5.55. The predicted molar refractivity (Wildman–Crippen MR) is 129 cm³/mol. The SMILES string of the molecule is C#Cc1ccc(NC(=O)c2cc(OC)ccc2N(C=O)c2ccc(C=NN(C)C)cc2F)nc1. The van der Waals surface area contributed by atoms with Gasteiger partial charge in [0.1, 0.15) is 17.4 Å². The number of carbonyl (C=O) groups excluding carboxylic acids is 2. The molecule has 0 saturated carbocycles. The van der Waals surface area contributed by atoms with E-state index in [9.17, 15) is 14.0 Å². The number of hydrogen-bond donors (Lipinski definition) is 1. The van der Waals surface area contributed by atoms with Crippen LogP contribution in [-0.4, -0.2) is 49.7 Å². The van der Waals surface area contributed by atoms with Crippen molar-refractivity contribution in [3.05, 3.63) is 77.2 Å². The number of halogens is 1. The maximum absolute atomic E-state index is 15.0. The monoisotopic (exact) mass is 459 g/mol. The minimum absolute atomic E-state index is 0.0345. The average Bonchev–Trinajstić information content (AvgIpc) is 2.84. The van der Waals surface area contributed by atoms with Gasteiger partial charge in [-0.25, -0.2) is 9.37 Å². The smallest absolute Gasteiger partial charge is 0.259 e. The standard InChI is InChI=1S/C25H22FN5O3/c1-5-17-7-11-24(27-14-17)29-25(33)20-13-19(34-4)8-10-22(20)31(16-32)23-9-6-18(12-21(23)26)15-28-30(2)3/h1,6-16H,2-4H3,(H,27,29,33). The van der Waals surface area contributed by atoms with Gasteiger partial charge in [0.2, 0.25) is 6.41 Å². The van der Waals surface area contributed by atoms with Crippen LogP contribution in [0, 0.1) is 18.2 Å². The lowest BCUT2D eigenvalue weighted by atomic mass is 10.1. The second-order valence-electron chi connectivity index (χ2n) is 7.19. The van der Waals surface area contributed by atoms with Crippen molar-refractivity contribution in [2.45, 2.75) is 0 Å². The Balaban J connectivity index is 1.99. The molecular weight excluding hydrogens is 437 g/mol. The number of pyridine rings is 1. The summed E-state index contributed by atoms with van der Waals surface area (Å²) < 4.78 is 20.2. The van der Waals surface area contributed by atoms with E-state index in [1.807, 2.05) is 0 Å². The molecule has 0 spiro atoms. The van der Waals surface area contributed by atoms with Gasteiger partial charge in [-0.3, -0.25) is 14.5 Å². The molecule has 0 aliphatic heterocycles. The zero-order chi connectivity index (χ0) is 24.7. The number of rotatable bonds is 8. The van der Waals surface area contributed by atoms with Gasteiger partial charge >= 0.3 is 0 Å². The first-order valence-corrected chi connectivity index (χ1v) is 10.0. The fraction of sp³-hybridized carbons (Fsp3) is 0.120. The van der Waals surface area contributed by atoms with Crippen molar-refractivity contribution in [2.24, 2.45) is 5.10 Å². The van der Waals surface area contributed by atoms with Gasteiger partial charge in [-0.15, -0.1) is 6.42 Å². The van der Waals surface area contributed by atoms with Gasteiger partial charge < -0.3 is 15.1 Å². The summed E-state index contributed by atoms with van der Waals surface area (Å²) in [6, 6.07) is 12.0. The van der Waals surface area contributed by atoms with Gasteiger partial charge in [0.05, 0.1) is 30.3 Å². The first-order chi connectivity index (χ1) is 16.4. The Kier molecular flexibility index (Phi) is 7.56. The van der Waals surface area contributed by atoms with E-state index in [1.165, 1.54) is 43.8 Å². The van der Waals surface area contributed by atoms with E-state index in [0.717, 1.165) is 4.90 Å². The summed E-state index contributed by atoms with van der Waals surface area (Å²) >= 11 is 0. The van der Waals surface area contributed by atoms with Crippen LogP contribution >= 0.6 is 0 Å². The fourth-order valence-corrected chi connectivity index (χ4v) is 3.00. The number of ether oxygens (including phenoxy) is 1. The number of aromatic nitrogens is 1. The van der Waals surface area contributed by atoms with Crippen LogP contribution in [0.5, 0.6) is 5.75 Å². The second-order valence-corrected chi connectivity index (χ2v) is 7.19. The minimum Gasteiger partial charge on any atom is -0.497 e. The summed E-state index contributed by atoms with van der Waals surface area (Å²) in [5.41, 5.74) is 1.26. The maximum atomic E-state index is 15.0. The van der Waals surface area contributed by atoms with Gasteiger partial charge in [0.25, 0.3) is 5.91 Å². The van der Waals surface area contributed by atoms with Crippen LogP contribution in [-0.2, 0) is 4.79 Å². The molecule has 1 heterocycles. The van der Waals surface area contributed by atoms with Crippen LogP contribution in [0.4, 0.5) is 21.6 Å². The Labute approximate surface area is 196 Å². The van der Waals surface area contributed by atoms with E-state index in [-0.39, 0.29) is 22.8 Å². The zero-order valence-corrected chi connectivity index (χ0v) is 18.8. The highest BCUT2D eigenvalue weighted by Gasteiger charge is 2.21. The number of carbonyl (C=O) groups is 2. The maximum Gasteiger partial charge on any atom is 0.259 e. The molecule has 2 aromatic carbocycles. The number of nitrogens with zero attached hydrogens (tertiary/aromatic N) is 4. The molecule has 1 aromatic heterocycles. The molecule has 0 saturated heterocycles. The molecule has 0 aliphatic carbocycles. The van der Waals surface area contributed by atoms with Crippen molar-refractivity contribution in [3.63, 3.8) is 0 Å². The Hall–Kier alpha value is -4.71. The lowest BCUT2D eigenvalue weighted by molar-refractivity contribution is -0.106. The molecule has 0 radical (unpaired) electrons. The number of hydrazone groups is 1. The molecule has 9 heteroatoms. The van der Waals surface area contributed by atoms with E-state index in [1.54, 1.807) is 43.4 Å². The number of amides is 2. The largest absolute Gasteiger partial charge is 0.497 e. The number of terminal acetylenes is 1. The van der Waals surface area contributed by atoms with Gasteiger partial charge in [0.15, 0.2) is 0 Å². The van der Waals surface area contributed by atoms with Gasteiger partial charge in [0, 0.05) is 25.9 Å². The van der Waals surface area contributed by atoms with E-state index in [2.05, 4.69) is 21.3 Å². The Morgan fingerprint density at radius 2 is 1.94 bits per heavy atom. The molecule has 2 amide bonds. The molecule has 0 fully saturated rings. The van der Waals surface area contributed by atoms with Crippen LogP contribution in [0.2, 0.25) is 0 Å². The molecule has 0 atom stereocenters. The summed E-state index contributed by atoms with van der Waals surface area (Å²) in [7, 11) is 4.93. The van der Waals surface area contributed by atoms with E-state index >= 15 is 0 Å². The Morgan fingerprint density at radius 1 is 1.18 bits per heavy atom. The topological polar surface area (TPSA) is 87.1 Å². The average molecular weight is 459 g/mol. The van der Waals surface area contributed by atoms with Crippen molar-refractivity contribution >= 4 is 35.7 Å². The van der Waals surface area contributed by atoms with Crippen molar-refractivity contribution in [1.82, 2.24) is 9.99 Å². The Bertz CT molecular complexity index is 1270. The highest BCUT2D eigenvalue weighted by Crippen LogP contribution is 2.32. The molecule has 3 rings (SSSR count). The number of methoxy groups -OCH3 is 1. The first-order valence-electron chi connectivity index (χ1n) is 10.0. The highest BCUT2D eigenvalue weighted by atomic mass is 19.1. The van der Waals surface area contributed by atoms with Gasteiger partial charge in [-0.05, 0) is 48.0 Å². The van der Waals surface area contributed by atoms with Gasteiger partial charge in [-0.2, -0.15) is 5.10 Å². The third-order valence-electron chi connectivity index (χ3n) is 4.65. The zero-order valence-electron chi connectivity index (χ0n) is 18.8. The van der Waals surface area contributed by atoms with Crippen LogP contribution in [0.1, 0.15) is 21.5 Å². The lowest BCUT2D eigenvalue weighted by Gasteiger charge is -2.22. The van der Waals surface area contributed by atoms with Crippen LogP contribution in [0.15, 0.2) is 59.8 Å². The van der Waals surface area contributed by atoms with Crippen molar-refractivity contribution < 1.29 is 18.7 Å². The van der Waals surface area contributed by atoms with Gasteiger partial charge in [-0.1, -0.05) is 12.0 Å². The van der Waals surface area contributed by atoms with Crippen molar-refractivity contribution in [1.29, 1.82) is 0 Å². The molecule has 0 unspecified atom stereocenters. The summed E-state index contributed by atoms with van der Waals surface area (Å²) in [4.78, 5) is 30.3. The molecular formula is C25H22FN5O3. The van der Waals surface area contributed by atoms with Crippen molar-refractivity contribution in [3.8, 4) is 18.1 Å². The second kappa shape index (κ2) is 10.7. The summed E-state index contributed by atoms with van der Waals surface area (Å²) in [6.07, 6.45) is 8.69. The van der Waals surface area contributed by atoms with E-state index in [4.69, 9.17) is 11.2 Å². The van der Waals surface area contributed by atoms with Crippen LogP contribution in [0.25, 0.3) is 0 Å². The normalized spacial score (nSPS) is 10.4. The fourth-order valence-electron chi connectivity index (χ4n) is 3.00. The molecule has 172 valence electrons. The molecule has 8 nitrogen and oxygen atoms in total. The number of benzene rings is 2. The molecule has 1 N–H and O–H groups in total. The minimum atomic E-state index is -0.663. The van der Waals surface area contributed by atoms with Crippen LogP contribution in [0.3, 0.4) is 0 Å².